The van der Waals surface area contributed by atoms with E-state index in [-0.39, 0.29) is 11.7 Å². The van der Waals surface area contributed by atoms with Crippen LogP contribution in [-0.2, 0) is 4.79 Å². The molecule has 0 aromatic heterocycles. The molecule has 10 heavy (non-hydrogen) atoms. The fraction of sp³-hybridized carbons (Fsp3) is 0.429. The molecule has 0 spiro atoms. The summed E-state index contributed by atoms with van der Waals surface area (Å²) in [5.74, 6) is -0.201. The van der Waals surface area contributed by atoms with Gasteiger partial charge < -0.3 is 5.11 Å². The number of amides is 1. The molecule has 0 fully saturated rings. The molecule has 0 aromatic rings. The predicted molar refractivity (Wildman–Crippen MR) is 38.1 cm³/mol. The Labute approximate surface area is 59.1 Å². The molecule has 0 aliphatic carbocycles. The molecule has 3 nitrogen and oxygen atoms in total. The Bertz CT molecular complexity index is 212. The fourth-order valence-electron chi connectivity index (χ4n) is 0.877. The number of aliphatic imine (C=N–C) groups is 1. The molecule has 0 aromatic carbocycles. The molecule has 0 saturated heterocycles. The molecule has 0 unspecified atom stereocenters. The van der Waals surface area contributed by atoms with Crippen LogP contribution in [0.5, 0.6) is 0 Å². The third-order valence-electron chi connectivity index (χ3n) is 1.43. The van der Waals surface area contributed by atoms with Crippen molar-refractivity contribution in [3.8, 4) is 0 Å². The Morgan fingerprint density at radius 2 is 2.50 bits per heavy atom. The Morgan fingerprint density at radius 1 is 1.80 bits per heavy atom. The number of hydrogen-bond acceptors (Lipinski definition) is 2. The first-order valence-electron chi connectivity index (χ1n) is 3.17. The third kappa shape index (κ3) is 1.23. The first kappa shape index (κ1) is 6.99. The monoisotopic (exact) mass is 139 g/mol. The Morgan fingerprint density at radius 3 is 2.90 bits per heavy atom. The molecule has 0 bridgehead atoms. The highest BCUT2D eigenvalue weighted by molar-refractivity contribution is 6.00. The average molecular weight is 139 g/mol. The minimum Gasteiger partial charge on any atom is -0.512 e. The van der Waals surface area contributed by atoms with Gasteiger partial charge in [0.05, 0.1) is 11.3 Å². The van der Waals surface area contributed by atoms with Crippen molar-refractivity contribution in [2.45, 2.75) is 19.8 Å². The van der Waals surface area contributed by atoms with Gasteiger partial charge in [-0.15, -0.1) is 0 Å². The van der Waals surface area contributed by atoms with Gasteiger partial charge >= 0.3 is 0 Å². The molecule has 0 atom stereocenters. The van der Waals surface area contributed by atoms with Gasteiger partial charge in [-0.2, -0.15) is 0 Å². The maximum absolute atomic E-state index is 10.8. The van der Waals surface area contributed by atoms with Crippen LogP contribution in [0.3, 0.4) is 0 Å². The number of carbonyl (C=O) groups is 1. The van der Waals surface area contributed by atoms with Gasteiger partial charge in [0.2, 0.25) is 0 Å². The molecular formula is C7H9NO2. The minimum atomic E-state index is -0.300. The molecule has 1 heterocycles. The van der Waals surface area contributed by atoms with Gasteiger partial charge in [-0.1, -0.05) is 0 Å². The first-order valence-corrected chi connectivity index (χ1v) is 3.17. The van der Waals surface area contributed by atoms with Crippen molar-refractivity contribution in [2.24, 2.45) is 4.99 Å². The second kappa shape index (κ2) is 2.64. The van der Waals surface area contributed by atoms with E-state index in [2.05, 4.69) is 4.99 Å². The van der Waals surface area contributed by atoms with Crippen LogP contribution in [-0.4, -0.2) is 17.2 Å². The molecule has 1 N–H and O–H groups in total. The standard InChI is InChI=1S/C7H9NO2/c1-5(9)6-3-2-4-8-7(6)10/h4,9H,2-3H2,1H3/b6-5-. The van der Waals surface area contributed by atoms with Crippen molar-refractivity contribution in [2.75, 3.05) is 0 Å². The van der Waals surface area contributed by atoms with Crippen LogP contribution in [0.15, 0.2) is 16.3 Å². The van der Waals surface area contributed by atoms with Gasteiger partial charge in [0, 0.05) is 6.21 Å². The molecule has 1 rings (SSSR count). The van der Waals surface area contributed by atoms with Crippen LogP contribution in [0.25, 0.3) is 0 Å². The third-order valence-corrected chi connectivity index (χ3v) is 1.43. The molecule has 1 amide bonds. The summed E-state index contributed by atoms with van der Waals surface area (Å²) >= 11 is 0. The van der Waals surface area contributed by atoms with Gasteiger partial charge in [0.25, 0.3) is 5.91 Å². The summed E-state index contributed by atoms with van der Waals surface area (Å²) in [5.41, 5.74) is 0.447. The molecule has 54 valence electrons. The zero-order valence-corrected chi connectivity index (χ0v) is 5.79. The van der Waals surface area contributed by atoms with Crippen molar-refractivity contribution in [1.29, 1.82) is 0 Å². The molecule has 1 aliphatic rings. The highest BCUT2D eigenvalue weighted by atomic mass is 16.3. The number of nitrogens with zero attached hydrogens (tertiary/aromatic N) is 1. The number of aliphatic hydroxyl groups excluding tert-OH is 1. The van der Waals surface area contributed by atoms with Crippen molar-refractivity contribution in [1.82, 2.24) is 0 Å². The number of hydrogen-bond donors (Lipinski definition) is 1. The normalized spacial score (nSPS) is 23.1. The summed E-state index contributed by atoms with van der Waals surface area (Å²) in [4.78, 5) is 14.4. The quantitative estimate of drug-likeness (QED) is 0.405. The maximum atomic E-state index is 10.8. The Hall–Kier alpha value is -1.12. The summed E-state index contributed by atoms with van der Waals surface area (Å²) in [5, 5.41) is 8.93. The van der Waals surface area contributed by atoms with E-state index in [9.17, 15) is 4.79 Å². The number of allylic oxidation sites excluding steroid dienone is 1. The molecule has 0 saturated carbocycles. The van der Waals surface area contributed by atoms with E-state index in [1.807, 2.05) is 0 Å². The topological polar surface area (TPSA) is 49.7 Å². The zero-order chi connectivity index (χ0) is 7.56. The van der Waals surface area contributed by atoms with Crippen LogP contribution < -0.4 is 0 Å². The molecular weight excluding hydrogens is 130 g/mol. The second-order valence-electron chi connectivity index (χ2n) is 2.22. The number of carbonyl (C=O) groups excluding carboxylic acids is 1. The van der Waals surface area contributed by atoms with E-state index >= 15 is 0 Å². The lowest BCUT2D eigenvalue weighted by Gasteiger charge is -2.05. The van der Waals surface area contributed by atoms with Crippen molar-refractivity contribution < 1.29 is 9.90 Å². The molecule has 3 heteroatoms. The smallest absolute Gasteiger partial charge is 0.275 e. The largest absolute Gasteiger partial charge is 0.512 e. The molecule has 1 aliphatic heterocycles. The van der Waals surface area contributed by atoms with Crippen LogP contribution >= 0.6 is 0 Å². The maximum Gasteiger partial charge on any atom is 0.275 e. The number of rotatable bonds is 0. The van der Waals surface area contributed by atoms with Gasteiger partial charge in [0.15, 0.2) is 0 Å². The van der Waals surface area contributed by atoms with E-state index < -0.39 is 0 Å². The van der Waals surface area contributed by atoms with Crippen LogP contribution in [0, 0.1) is 0 Å². The first-order chi connectivity index (χ1) is 4.72. The van der Waals surface area contributed by atoms with Crippen molar-refractivity contribution in [3.05, 3.63) is 11.3 Å². The van der Waals surface area contributed by atoms with E-state index in [1.54, 1.807) is 6.21 Å². The summed E-state index contributed by atoms with van der Waals surface area (Å²) in [6.07, 6.45) is 2.94. The Balaban J connectivity index is 2.91. The van der Waals surface area contributed by atoms with Crippen LogP contribution in [0.1, 0.15) is 19.8 Å². The summed E-state index contributed by atoms with van der Waals surface area (Å²) in [6, 6.07) is 0. The van der Waals surface area contributed by atoms with E-state index in [0.717, 1.165) is 6.42 Å². The van der Waals surface area contributed by atoms with Gasteiger partial charge in [-0.3, -0.25) is 4.79 Å². The van der Waals surface area contributed by atoms with E-state index in [1.165, 1.54) is 6.92 Å². The summed E-state index contributed by atoms with van der Waals surface area (Å²) < 4.78 is 0. The molecule has 0 radical (unpaired) electrons. The predicted octanol–water partition coefficient (Wildman–Crippen LogP) is 1.21. The number of aliphatic hydroxyl groups is 1. The lowest BCUT2D eigenvalue weighted by molar-refractivity contribution is -0.114. The van der Waals surface area contributed by atoms with Crippen LogP contribution in [0.4, 0.5) is 0 Å². The second-order valence-corrected chi connectivity index (χ2v) is 2.22. The minimum absolute atomic E-state index is 0.0989. The SMILES string of the molecule is C/C(O)=C1\CCC=NC1=O. The summed E-state index contributed by atoms with van der Waals surface area (Å²) in [6.45, 7) is 1.51. The van der Waals surface area contributed by atoms with Crippen LogP contribution in [0.2, 0.25) is 0 Å². The highest BCUT2D eigenvalue weighted by Crippen LogP contribution is 2.13. The van der Waals surface area contributed by atoms with Gasteiger partial charge in [-0.25, -0.2) is 4.99 Å². The fourth-order valence-corrected chi connectivity index (χ4v) is 0.877. The van der Waals surface area contributed by atoms with Crippen molar-refractivity contribution >= 4 is 12.1 Å². The van der Waals surface area contributed by atoms with E-state index in [0.29, 0.717) is 12.0 Å². The lowest BCUT2D eigenvalue weighted by Crippen LogP contribution is -2.07. The Kier molecular flexibility index (Phi) is 1.85. The highest BCUT2D eigenvalue weighted by Gasteiger charge is 2.13. The average Bonchev–Trinajstić information content (AvgIpc) is 1.88. The lowest BCUT2D eigenvalue weighted by atomic mass is 10.1. The van der Waals surface area contributed by atoms with Gasteiger partial charge in [0.1, 0.15) is 0 Å². The van der Waals surface area contributed by atoms with E-state index in [4.69, 9.17) is 5.11 Å². The van der Waals surface area contributed by atoms with Gasteiger partial charge in [-0.05, 0) is 19.8 Å². The van der Waals surface area contributed by atoms with Crippen molar-refractivity contribution in [3.63, 3.8) is 0 Å². The zero-order valence-electron chi connectivity index (χ0n) is 5.79. The summed E-state index contributed by atoms with van der Waals surface area (Å²) in [7, 11) is 0.